The molecule has 1 saturated carbocycles. The Balaban J connectivity index is 2.46. The van der Waals surface area contributed by atoms with E-state index in [4.69, 9.17) is 4.74 Å². The van der Waals surface area contributed by atoms with Gasteiger partial charge in [-0.05, 0) is 18.9 Å². The van der Waals surface area contributed by atoms with E-state index in [0.29, 0.717) is 18.6 Å². The summed E-state index contributed by atoms with van der Waals surface area (Å²) in [6.45, 7) is 7.53. The van der Waals surface area contributed by atoms with E-state index >= 15 is 0 Å². The number of hydrogen-bond acceptors (Lipinski definition) is 2. The highest BCUT2D eigenvalue weighted by Crippen LogP contribution is 2.43. The zero-order valence-corrected chi connectivity index (χ0v) is 10.5. The Morgan fingerprint density at radius 1 is 1.28 bits per heavy atom. The van der Waals surface area contributed by atoms with Crippen LogP contribution >= 0.6 is 0 Å². The van der Waals surface area contributed by atoms with Crippen molar-refractivity contribution < 1.29 is 9.53 Å². The molecule has 1 unspecified atom stereocenters. The van der Waals surface area contributed by atoms with E-state index in [9.17, 15) is 4.79 Å². The van der Waals surface area contributed by atoms with E-state index < -0.39 is 0 Å². The van der Waals surface area contributed by atoms with Crippen LogP contribution in [0.5, 0.6) is 5.75 Å². The third kappa shape index (κ3) is 2.23. The molecular weight excluding hydrogens is 224 g/mol. The number of rotatable bonds is 4. The number of hydrogen-bond donors (Lipinski definition) is 0. The zero-order valence-electron chi connectivity index (χ0n) is 10.5. The first-order chi connectivity index (χ1) is 8.72. The fourth-order valence-electron chi connectivity index (χ4n) is 2.71. The van der Waals surface area contributed by atoms with Crippen molar-refractivity contribution in [2.24, 2.45) is 0 Å². The summed E-state index contributed by atoms with van der Waals surface area (Å²) in [5.74, 6) is 1.07. The molecule has 0 amide bonds. The normalized spacial score (nSPS) is 23.4. The third-order valence-corrected chi connectivity index (χ3v) is 3.62. The van der Waals surface area contributed by atoms with Crippen LogP contribution in [0.1, 0.15) is 31.2 Å². The molecule has 1 atom stereocenters. The van der Waals surface area contributed by atoms with Crippen LogP contribution in [0.2, 0.25) is 0 Å². The number of ether oxygens (including phenoxy) is 1. The van der Waals surface area contributed by atoms with Crippen molar-refractivity contribution in [3.05, 3.63) is 55.3 Å². The maximum Gasteiger partial charge on any atom is 0.134 e. The van der Waals surface area contributed by atoms with Crippen molar-refractivity contribution >= 4 is 5.78 Å². The number of ketones is 1. The minimum absolute atomic E-state index is 0.283. The van der Waals surface area contributed by atoms with Gasteiger partial charge in [0.2, 0.25) is 0 Å². The molecule has 0 spiro atoms. The van der Waals surface area contributed by atoms with E-state index in [2.05, 4.69) is 13.2 Å². The van der Waals surface area contributed by atoms with Gasteiger partial charge in [-0.25, -0.2) is 0 Å². The Morgan fingerprint density at radius 3 is 2.72 bits per heavy atom. The molecule has 0 bridgehead atoms. The quantitative estimate of drug-likeness (QED) is 0.593. The lowest BCUT2D eigenvalue weighted by molar-refractivity contribution is -0.121. The van der Waals surface area contributed by atoms with Crippen LogP contribution in [0.25, 0.3) is 0 Å². The van der Waals surface area contributed by atoms with Crippen LogP contribution in [0.15, 0.2) is 49.8 Å². The topological polar surface area (TPSA) is 26.3 Å². The SMILES string of the molecule is C=COc1ccccc1C1(C=C)CCCC(=O)C1. The molecule has 18 heavy (non-hydrogen) atoms. The lowest BCUT2D eigenvalue weighted by Gasteiger charge is -2.35. The van der Waals surface area contributed by atoms with Gasteiger partial charge >= 0.3 is 0 Å². The summed E-state index contributed by atoms with van der Waals surface area (Å²) in [4.78, 5) is 11.8. The lowest BCUT2D eigenvalue weighted by atomic mass is 9.69. The van der Waals surface area contributed by atoms with Gasteiger partial charge in [-0.2, -0.15) is 0 Å². The molecule has 2 heteroatoms. The van der Waals surface area contributed by atoms with Crippen LogP contribution in [0, 0.1) is 0 Å². The molecule has 0 aliphatic heterocycles. The van der Waals surface area contributed by atoms with Crippen LogP contribution in [-0.4, -0.2) is 5.78 Å². The van der Waals surface area contributed by atoms with Crippen molar-refractivity contribution in [1.82, 2.24) is 0 Å². The van der Waals surface area contributed by atoms with Gasteiger partial charge in [-0.3, -0.25) is 4.79 Å². The Labute approximate surface area is 108 Å². The maximum atomic E-state index is 11.8. The fraction of sp³-hybridized carbons (Fsp3) is 0.312. The first-order valence-electron chi connectivity index (χ1n) is 6.24. The van der Waals surface area contributed by atoms with E-state index in [1.54, 1.807) is 0 Å². The molecule has 1 fully saturated rings. The van der Waals surface area contributed by atoms with E-state index in [1.807, 2.05) is 30.3 Å². The van der Waals surface area contributed by atoms with Crippen molar-refractivity contribution in [2.45, 2.75) is 31.1 Å². The summed E-state index contributed by atoms with van der Waals surface area (Å²) in [6.07, 6.45) is 6.37. The third-order valence-electron chi connectivity index (χ3n) is 3.62. The smallest absolute Gasteiger partial charge is 0.134 e. The van der Waals surface area contributed by atoms with Crippen LogP contribution in [-0.2, 0) is 10.2 Å². The minimum atomic E-state index is -0.283. The Hall–Kier alpha value is -1.83. The number of allylic oxidation sites excluding steroid dienone is 1. The molecule has 0 saturated heterocycles. The monoisotopic (exact) mass is 242 g/mol. The van der Waals surface area contributed by atoms with Gasteiger partial charge in [-0.1, -0.05) is 30.9 Å². The Kier molecular flexibility index (Phi) is 3.66. The molecule has 2 nitrogen and oxygen atoms in total. The molecule has 1 aromatic carbocycles. The summed E-state index contributed by atoms with van der Waals surface area (Å²) in [6, 6.07) is 7.81. The summed E-state index contributed by atoms with van der Waals surface area (Å²) in [5, 5.41) is 0. The Morgan fingerprint density at radius 2 is 2.06 bits per heavy atom. The van der Waals surface area contributed by atoms with Crippen molar-refractivity contribution in [2.75, 3.05) is 0 Å². The van der Waals surface area contributed by atoms with Crippen molar-refractivity contribution in [3.63, 3.8) is 0 Å². The average molecular weight is 242 g/mol. The summed E-state index contributed by atoms with van der Waals surface area (Å²) in [7, 11) is 0. The van der Waals surface area contributed by atoms with Gasteiger partial charge in [0.15, 0.2) is 0 Å². The highest BCUT2D eigenvalue weighted by Gasteiger charge is 2.36. The van der Waals surface area contributed by atoms with E-state index in [1.165, 1.54) is 6.26 Å². The molecule has 2 rings (SSSR count). The molecule has 0 aromatic heterocycles. The Bertz CT molecular complexity index is 476. The van der Waals surface area contributed by atoms with E-state index in [-0.39, 0.29) is 5.41 Å². The molecule has 1 aliphatic rings. The first kappa shape index (κ1) is 12.6. The van der Waals surface area contributed by atoms with Crippen LogP contribution in [0.4, 0.5) is 0 Å². The minimum Gasteiger partial charge on any atom is -0.465 e. The average Bonchev–Trinajstić information content (AvgIpc) is 2.39. The molecule has 0 N–H and O–H groups in total. The van der Waals surface area contributed by atoms with Gasteiger partial charge in [0.1, 0.15) is 11.5 Å². The number of Topliss-reactive ketones (excluding diaryl/α,β-unsaturated/α-hetero) is 1. The molecule has 0 radical (unpaired) electrons. The van der Waals surface area contributed by atoms with E-state index in [0.717, 1.165) is 24.2 Å². The highest BCUT2D eigenvalue weighted by atomic mass is 16.5. The predicted octanol–water partition coefficient (Wildman–Crippen LogP) is 3.78. The molecule has 0 heterocycles. The van der Waals surface area contributed by atoms with Gasteiger partial charge in [0.25, 0.3) is 0 Å². The molecular formula is C16H18O2. The second kappa shape index (κ2) is 5.21. The lowest BCUT2D eigenvalue weighted by Crippen LogP contribution is -2.31. The summed E-state index contributed by atoms with van der Waals surface area (Å²) in [5.41, 5.74) is 0.752. The molecule has 94 valence electrons. The zero-order chi connectivity index (χ0) is 13.0. The molecule has 1 aromatic rings. The number of benzene rings is 1. The highest BCUT2D eigenvalue weighted by molar-refractivity contribution is 5.81. The van der Waals surface area contributed by atoms with Crippen molar-refractivity contribution in [3.8, 4) is 5.75 Å². The summed E-state index contributed by atoms with van der Waals surface area (Å²) >= 11 is 0. The first-order valence-corrected chi connectivity index (χ1v) is 6.24. The van der Waals surface area contributed by atoms with Gasteiger partial charge in [0.05, 0.1) is 6.26 Å². The van der Waals surface area contributed by atoms with Crippen LogP contribution < -0.4 is 4.74 Å². The largest absolute Gasteiger partial charge is 0.465 e. The molecule has 1 aliphatic carbocycles. The van der Waals surface area contributed by atoms with Gasteiger partial charge in [0, 0.05) is 23.8 Å². The van der Waals surface area contributed by atoms with Gasteiger partial charge in [-0.15, -0.1) is 6.58 Å². The second-order valence-electron chi connectivity index (χ2n) is 4.71. The fourth-order valence-corrected chi connectivity index (χ4v) is 2.71. The number of para-hydroxylation sites is 1. The second-order valence-corrected chi connectivity index (χ2v) is 4.71. The predicted molar refractivity (Wildman–Crippen MR) is 72.6 cm³/mol. The maximum absolute atomic E-state index is 11.8. The van der Waals surface area contributed by atoms with Crippen LogP contribution in [0.3, 0.4) is 0 Å². The summed E-state index contributed by atoms with van der Waals surface area (Å²) < 4.78 is 5.46. The van der Waals surface area contributed by atoms with Gasteiger partial charge < -0.3 is 4.74 Å². The standard InChI is InChI=1S/C16H18O2/c1-3-16(11-7-8-13(17)12-16)14-9-5-6-10-15(14)18-4-2/h3-6,9-10H,1-2,7-8,11-12H2. The van der Waals surface area contributed by atoms with Crippen molar-refractivity contribution in [1.29, 1.82) is 0 Å². The number of carbonyl (C=O) groups excluding carboxylic acids is 1. The number of carbonyl (C=O) groups is 1.